The van der Waals surface area contributed by atoms with Crippen LogP contribution in [0.2, 0.25) is 0 Å². The van der Waals surface area contributed by atoms with Crippen LogP contribution >= 0.6 is 0 Å². The van der Waals surface area contributed by atoms with E-state index in [1.807, 2.05) is 11.9 Å². The number of nitrogens with zero attached hydrogens (tertiary/aromatic N) is 1. The monoisotopic (exact) mass is 186 g/mol. The molecule has 0 saturated carbocycles. The maximum Gasteiger partial charge on any atom is 0.231 e. The Morgan fingerprint density at radius 2 is 2.46 bits per heavy atom. The summed E-state index contributed by atoms with van der Waals surface area (Å²) in [6.07, 6.45) is 2.33. The molecular formula is C9H18N2O2. The van der Waals surface area contributed by atoms with Crippen molar-refractivity contribution in [3.8, 4) is 0 Å². The first-order valence-corrected chi connectivity index (χ1v) is 4.73. The van der Waals surface area contributed by atoms with Crippen LogP contribution in [0.4, 0.5) is 0 Å². The number of primary amides is 1. The molecule has 0 aromatic carbocycles. The normalized spacial score (nSPS) is 23.4. The molecule has 1 rings (SSSR count). The van der Waals surface area contributed by atoms with Crippen LogP contribution in [0.3, 0.4) is 0 Å². The molecule has 1 saturated heterocycles. The zero-order valence-electron chi connectivity index (χ0n) is 8.16. The molecule has 1 atom stereocenters. The smallest absolute Gasteiger partial charge is 0.231 e. The van der Waals surface area contributed by atoms with Gasteiger partial charge < -0.3 is 10.5 Å². The summed E-state index contributed by atoms with van der Waals surface area (Å²) in [5, 5.41) is 0. The maximum atomic E-state index is 10.6. The summed E-state index contributed by atoms with van der Waals surface area (Å²) in [5.74, 6) is 0.303. The van der Waals surface area contributed by atoms with Crippen molar-refractivity contribution >= 4 is 5.91 Å². The lowest BCUT2D eigenvalue weighted by atomic mass is 10.0. The molecule has 0 aliphatic carbocycles. The molecule has 0 bridgehead atoms. The summed E-state index contributed by atoms with van der Waals surface area (Å²) in [7, 11) is 1.92. The van der Waals surface area contributed by atoms with Crippen LogP contribution < -0.4 is 5.73 Å². The first-order chi connectivity index (χ1) is 6.18. The molecule has 0 aromatic heterocycles. The van der Waals surface area contributed by atoms with E-state index in [1.165, 1.54) is 6.42 Å². The van der Waals surface area contributed by atoms with Crippen LogP contribution in [0.1, 0.15) is 12.8 Å². The van der Waals surface area contributed by atoms with E-state index in [0.717, 1.165) is 26.2 Å². The van der Waals surface area contributed by atoms with Crippen molar-refractivity contribution in [2.45, 2.75) is 12.8 Å². The molecule has 0 spiro atoms. The van der Waals surface area contributed by atoms with Gasteiger partial charge in [0.15, 0.2) is 0 Å². The van der Waals surface area contributed by atoms with E-state index in [-0.39, 0.29) is 5.91 Å². The third-order valence-electron chi connectivity index (χ3n) is 2.25. The summed E-state index contributed by atoms with van der Waals surface area (Å²) < 4.78 is 5.35. The highest BCUT2D eigenvalue weighted by atomic mass is 16.5. The van der Waals surface area contributed by atoms with Gasteiger partial charge in [-0.2, -0.15) is 0 Å². The first-order valence-electron chi connectivity index (χ1n) is 4.73. The molecular weight excluding hydrogens is 168 g/mol. The fourth-order valence-corrected chi connectivity index (χ4v) is 1.72. The summed E-state index contributed by atoms with van der Waals surface area (Å²) >= 11 is 0. The number of nitrogens with two attached hydrogens (primary N) is 1. The summed E-state index contributed by atoms with van der Waals surface area (Å²) in [5.41, 5.74) is 5.09. The molecule has 2 N–H and O–H groups in total. The second-order valence-electron chi connectivity index (χ2n) is 3.75. The van der Waals surface area contributed by atoms with Gasteiger partial charge in [0.25, 0.3) is 0 Å². The highest BCUT2D eigenvalue weighted by Gasteiger charge is 2.16. The number of ether oxygens (including phenoxy) is 1. The average Bonchev–Trinajstić information content (AvgIpc) is 2.04. The van der Waals surface area contributed by atoms with E-state index < -0.39 is 0 Å². The van der Waals surface area contributed by atoms with Crippen molar-refractivity contribution in [1.82, 2.24) is 4.90 Å². The minimum atomic E-state index is -0.265. The van der Waals surface area contributed by atoms with Crippen LogP contribution in [0.15, 0.2) is 0 Å². The molecule has 0 radical (unpaired) electrons. The van der Waals surface area contributed by atoms with Crippen molar-refractivity contribution < 1.29 is 9.53 Å². The Bertz CT molecular complexity index is 167. The van der Waals surface area contributed by atoms with Crippen LogP contribution in [-0.2, 0) is 9.53 Å². The molecule has 1 amide bonds. The minimum absolute atomic E-state index is 0.265. The number of rotatable bonds is 4. The summed E-state index contributed by atoms with van der Waals surface area (Å²) in [4.78, 5) is 12.6. The third-order valence-corrected chi connectivity index (χ3v) is 2.25. The summed E-state index contributed by atoms with van der Waals surface area (Å²) in [6.45, 7) is 2.96. The van der Waals surface area contributed by atoms with Crippen molar-refractivity contribution in [3.63, 3.8) is 0 Å². The van der Waals surface area contributed by atoms with Gasteiger partial charge in [-0.3, -0.25) is 9.69 Å². The molecule has 4 heteroatoms. The van der Waals surface area contributed by atoms with Crippen molar-refractivity contribution in [2.75, 3.05) is 33.4 Å². The van der Waals surface area contributed by atoms with E-state index in [2.05, 4.69) is 0 Å². The summed E-state index contributed by atoms with van der Waals surface area (Å²) in [6, 6.07) is 0. The lowest BCUT2D eigenvalue weighted by Crippen LogP contribution is -2.36. The van der Waals surface area contributed by atoms with Gasteiger partial charge >= 0.3 is 0 Å². The van der Waals surface area contributed by atoms with Crippen molar-refractivity contribution in [2.24, 2.45) is 11.7 Å². The Kier molecular flexibility index (Phi) is 4.18. The van der Waals surface area contributed by atoms with E-state index in [0.29, 0.717) is 12.5 Å². The predicted molar refractivity (Wildman–Crippen MR) is 50.2 cm³/mol. The van der Waals surface area contributed by atoms with Gasteiger partial charge in [0.1, 0.15) is 0 Å². The molecule has 76 valence electrons. The molecule has 1 fully saturated rings. The Morgan fingerprint density at radius 1 is 1.69 bits per heavy atom. The third kappa shape index (κ3) is 4.24. The number of hydrogen-bond acceptors (Lipinski definition) is 3. The number of carbonyl (C=O) groups is 1. The number of carbonyl (C=O) groups excluding carboxylic acids is 1. The average molecular weight is 186 g/mol. The standard InChI is InChI=1S/C9H18N2O2/c1-11(6-9(10)12)5-8-3-2-4-13-7-8/h8H,2-7H2,1H3,(H2,10,12). The van der Waals surface area contributed by atoms with Gasteiger partial charge in [0, 0.05) is 13.2 Å². The lowest BCUT2D eigenvalue weighted by Gasteiger charge is -2.26. The van der Waals surface area contributed by atoms with Gasteiger partial charge in [-0.05, 0) is 25.8 Å². The highest BCUT2D eigenvalue weighted by molar-refractivity contribution is 5.75. The van der Waals surface area contributed by atoms with Gasteiger partial charge in [0.05, 0.1) is 13.2 Å². The second kappa shape index (κ2) is 5.19. The molecule has 13 heavy (non-hydrogen) atoms. The van der Waals surface area contributed by atoms with E-state index in [9.17, 15) is 4.79 Å². The number of likely N-dealkylation sites (N-methyl/N-ethyl adjacent to an activating group) is 1. The Balaban J connectivity index is 2.18. The fourth-order valence-electron chi connectivity index (χ4n) is 1.72. The van der Waals surface area contributed by atoms with E-state index in [1.54, 1.807) is 0 Å². The zero-order valence-corrected chi connectivity index (χ0v) is 8.16. The van der Waals surface area contributed by atoms with Gasteiger partial charge in [-0.1, -0.05) is 0 Å². The SMILES string of the molecule is CN(CC(N)=O)CC1CCCOC1. The maximum absolute atomic E-state index is 10.6. The molecule has 0 aromatic rings. The van der Waals surface area contributed by atoms with Crippen molar-refractivity contribution in [1.29, 1.82) is 0 Å². The Labute approximate surface area is 79.0 Å². The van der Waals surface area contributed by atoms with Gasteiger partial charge in [-0.25, -0.2) is 0 Å². The van der Waals surface area contributed by atoms with Crippen LogP contribution in [0, 0.1) is 5.92 Å². The molecule has 1 unspecified atom stereocenters. The topological polar surface area (TPSA) is 55.6 Å². The van der Waals surface area contributed by atoms with Gasteiger partial charge in [0.2, 0.25) is 5.91 Å². The predicted octanol–water partition coefficient (Wildman–Crippen LogP) is -0.170. The number of amides is 1. The Morgan fingerprint density at radius 3 is 3.00 bits per heavy atom. The quantitative estimate of drug-likeness (QED) is 0.663. The van der Waals surface area contributed by atoms with Crippen molar-refractivity contribution in [3.05, 3.63) is 0 Å². The lowest BCUT2D eigenvalue weighted by molar-refractivity contribution is -0.119. The minimum Gasteiger partial charge on any atom is -0.381 e. The van der Waals surface area contributed by atoms with Crippen LogP contribution in [0.25, 0.3) is 0 Å². The Hall–Kier alpha value is -0.610. The first kappa shape index (κ1) is 10.5. The largest absolute Gasteiger partial charge is 0.381 e. The highest BCUT2D eigenvalue weighted by Crippen LogP contribution is 2.13. The molecule has 1 aliphatic heterocycles. The molecule has 4 nitrogen and oxygen atoms in total. The van der Waals surface area contributed by atoms with Gasteiger partial charge in [-0.15, -0.1) is 0 Å². The fraction of sp³-hybridized carbons (Fsp3) is 0.889. The molecule has 1 heterocycles. The second-order valence-corrected chi connectivity index (χ2v) is 3.75. The van der Waals surface area contributed by atoms with E-state index in [4.69, 9.17) is 10.5 Å². The number of hydrogen-bond donors (Lipinski definition) is 1. The van der Waals surface area contributed by atoms with Crippen LogP contribution in [-0.4, -0.2) is 44.2 Å². The molecule has 1 aliphatic rings. The van der Waals surface area contributed by atoms with E-state index >= 15 is 0 Å². The van der Waals surface area contributed by atoms with Crippen LogP contribution in [0.5, 0.6) is 0 Å². The zero-order chi connectivity index (χ0) is 9.68.